The summed E-state index contributed by atoms with van der Waals surface area (Å²) in [7, 11) is 3.04. The quantitative estimate of drug-likeness (QED) is 0.739. The lowest BCUT2D eigenvalue weighted by Gasteiger charge is -2.25. The zero-order valence-corrected chi connectivity index (χ0v) is 17.9. The van der Waals surface area contributed by atoms with Gasteiger partial charge in [0.15, 0.2) is 0 Å². The van der Waals surface area contributed by atoms with Crippen molar-refractivity contribution < 1.29 is 23.9 Å². The summed E-state index contributed by atoms with van der Waals surface area (Å²) in [6.07, 6.45) is 2.36. The number of amides is 3. The number of anilines is 2. The van der Waals surface area contributed by atoms with Crippen LogP contribution in [0.25, 0.3) is 0 Å². The molecule has 162 valence electrons. The first-order valence-electron chi connectivity index (χ1n) is 10.4. The minimum Gasteiger partial charge on any atom is -0.497 e. The summed E-state index contributed by atoms with van der Waals surface area (Å²) in [4.78, 5) is 40.7. The van der Waals surface area contributed by atoms with Gasteiger partial charge in [-0.1, -0.05) is 19.1 Å². The first-order valence-corrected chi connectivity index (χ1v) is 10.4. The molecule has 2 fully saturated rings. The number of hydrogen-bond donors (Lipinski definition) is 1. The Hall–Kier alpha value is -3.35. The Morgan fingerprint density at radius 2 is 1.74 bits per heavy atom. The van der Waals surface area contributed by atoms with E-state index in [0.717, 1.165) is 6.42 Å². The first kappa shape index (κ1) is 20.9. The SMILES string of the molecule is COc1ccc(OC)c(NC(=O)c2ccccc2N2C(=O)[C@H]3C[C@@H](C)CC[C@H]3C2=O)c1. The summed E-state index contributed by atoms with van der Waals surface area (Å²) in [5.41, 5.74) is 1.00. The van der Waals surface area contributed by atoms with Gasteiger partial charge in [0.05, 0.1) is 43.0 Å². The maximum absolute atomic E-state index is 13.2. The minimum absolute atomic E-state index is 0.207. The lowest BCUT2D eigenvalue weighted by atomic mass is 9.76. The van der Waals surface area contributed by atoms with Crippen molar-refractivity contribution in [3.63, 3.8) is 0 Å². The molecule has 31 heavy (non-hydrogen) atoms. The highest BCUT2D eigenvalue weighted by molar-refractivity contribution is 6.24. The van der Waals surface area contributed by atoms with Gasteiger partial charge in [-0.3, -0.25) is 14.4 Å². The predicted molar refractivity (Wildman–Crippen MR) is 116 cm³/mol. The molecular formula is C24H26N2O5. The summed E-state index contributed by atoms with van der Waals surface area (Å²) >= 11 is 0. The molecule has 3 amide bonds. The van der Waals surface area contributed by atoms with Crippen molar-refractivity contribution in [1.29, 1.82) is 0 Å². The van der Waals surface area contributed by atoms with E-state index in [9.17, 15) is 14.4 Å². The zero-order valence-electron chi connectivity index (χ0n) is 17.9. The van der Waals surface area contributed by atoms with Crippen LogP contribution in [0, 0.1) is 17.8 Å². The van der Waals surface area contributed by atoms with Gasteiger partial charge in [0.2, 0.25) is 11.8 Å². The first-order chi connectivity index (χ1) is 14.9. The third kappa shape index (κ3) is 3.76. The fourth-order valence-corrected chi connectivity index (χ4v) is 4.59. The van der Waals surface area contributed by atoms with Crippen LogP contribution in [0.5, 0.6) is 11.5 Å². The van der Waals surface area contributed by atoms with E-state index in [0.29, 0.717) is 41.6 Å². The van der Waals surface area contributed by atoms with Gasteiger partial charge < -0.3 is 14.8 Å². The van der Waals surface area contributed by atoms with Crippen LogP contribution in [-0.4, -0.2) is 31.9 Å². The van der Waals surface area contributed by atoms with Crippen LogP contribution in [0.1, 0.15) is 36.5 Å². The number of fused-ring (bicyclic) bond motifs is 1. The standard InChI is InChI=1S/C24H26N2O5/c1-14-8-10-16-18(12-14)24(29)26(23(16)28)20-7-5-4-6-17(20)22(27)25-19-13-15(30-2)9-11-21(19)31-3/h4-7,9,11,13-14,16,18H,8,10,12H2,1-3H3,(H,25,27)/t14-,16+,18-/m0/s1. The highest BCUT2D eigenvalue weighted by Gasteiger charge is 2.50. The summed E-state index contributed by atoms with van der Waals surface area (Å²) in [6, 6.07) is 11.8. The van der Waals surface area contributed by atoms with Crippen molar-refractivity contribution in [2.24, 2.45) is 17.8 Å². The average Bonchev–Trinajstić information content (AvgIpc) is 3.02. The normalized spacial score (nSPS) is 22.8. The summed E-state index contributed by atoms with van der Waals surface area (Å²) < 4.78 is 10.6. The molecule has 1 saturated heterocycles. The summed E-state index contributed by atoms with van der Waals surface area (Å²) in [5, 5.41) is 2.82. The molecule has 2 aliphatic rings. The van der Waals surface area contributed by atoms with Gasteiger partial charge >= 0.3 is 0 Å². The Labute approximate surface area is 181 Å². The number of benzene rings is 2. The largest absolute Gasteiger partial charge is 0.497 e. The third-order valence-electron chi connectivity index (χ3n) is 6.23. The van der Waals surface area contributed by atoms with Crippen molar-refractivity contribution >= 4 is 29.1 Å². The molecule has 7 nitrogen and oxygen atoms in total. The molecule has 1 N–H and O–H groups in total. The number of carbonyl (C=O) groups is 3. The van der Waals surface area contributed by atoms with Crippen LogP contribution >= 0.6 is 0 Å². The van der Waals surface area contributed by atoms with Crippen molar-refractivity contribution in [2.45, 2.75) is 26.2 Å². The van der Waals surface area contributed by atoms with Crippen molar-refractivity contribution in [3.8, 4) is 11.5 Å². The number of ether oxygens (including phenoxy) is 2. The zero-order chi connectivity index (χ0) is 22.1. The number of para-hydroxylation sites is 1. The molecule has 1 aliphatic carbocycles. The molecule has 0 bridgehead atoms. The Kier molecular flexibility index (Phi) is 5.67. The van der Waals surface area contributed by atoms with Crippen LogP contribution < -0.4 is 19.7 Å². The second-order valence-electron chi connectivity index (χ2n) is 8.18. The van der Waals surface area contributed by atoms with E-state index in [-0.39, 0.29) is 29.2 Å². The van der Waals surface area contributed by atoms with E-state index in [1.807, 2.05) is 0 Å². The van der Waals surface area contributed by atoms with Gasteiger partial charge in [-0.25, -0.2) is 4.90 Å². The summed E-state index contributed by atoms with van der Waals surface area (Å²) in [6.45, 7) is 2.11. The Bertz CT molecular complexity index is 1030. The molecule has 0 spiro atoms. The van der Waals surface area contributed by atoms with Crippen molar-refractivity contribution in [2.75, 3.05) is 24.4 Å². The highest BCUT2D eigenvalue weighted by atomic mass is 16.5. The number of nitrogens with one attached hydrogen (secondary N) is 1. The van der Waals surface area contributed by atoms with Gasteiger partial charge in [-0.2, -0.15) is 0 Å². The van der Waals surface area contributed by atoms with Gasteiger partial charge in [0.25, 0.3) is 5.91 Å². The number of rotatable bonds is 5. The number of methoxy groups -OCH3 is 2. The molecule has 1 heterocycles. The number of nitrogens with zero attached hydrogens (tertiary/aromatic N) is 1. The molecule has 0 aromatic heterocycles. The van der Waals surface area contributed by atoms with Crippen LogP contribution in [-0.2, 0) is 9.59 Å². The van der Waals surface area contributed by atoms with Crippen molar-refractivity contribution in [3.05, 3.63) is 48.0 Å². The van der Waals surface area contributed by atoms with E-state index < -0.39 is 5.91 Å². The molecule has 7 heteroatoms. The minimum atomic E-state index is -0.439. The molecule has 0 unspecified atom stereocenters. The monoisotopic (exact) mass is 422 g/mol. The number of hydrogen-bond acceptors (Lipinski definition) is 5. The number of carbonyl (C=O) groups excluding carboxylic acids is 3. The predicted octanol–water partition coefficient (Wildman–Crippen LogP) is 3.88. The second-order valence-corrected chi connectivity index (χ2v) is 8.18. The fourth-order valence-electron chi connectivity index (χ4n) is 4.59. The lowest BCUT2D eigenvalue weighted by molar-refractivity contribution is -0.122. The maximum Gasteiger partial charge on any atom is 0.257 e. The van der Waals surface area contributed by atoms with Gasteiger partial charge in [0, 0.05) is 6.07 Å². The molecule has 0 radical (unpaired) electrons. The average molecular weight is 422 g/mol. The van der Waals surface area contributed by atoms with Crippen LogP contribution in [0.4, 0.5) is 11.4 Å². The molecule has 1 saturated carbocycles. The maximum atomic E-state index is 13.2. The van der Waals surface area contributed by atoms with Crippen LogP contribution in [0.15, 0.2) is 42.5 Å². The third-order valence-corrected chi connectivity index (χ3v) is 6.23. The van der Waals surface area contributed by atoms with Gasteiger partial charge in [0.1, 0.15) is 11.5 Å². The fraction of sp³-hybridized carbons (Fsp3) is 0.375. The van der Waals surface area contributed by atoms with E-state index in [2.05, 4.69) is 12.2 Å². The molecule has 2 aromatic carbocycles. The molecule has 1 aliphatic heterocycles. The van der Waals surface area contributed by atoms with Crippen LogP contribution in [0.3, 0.4) is 0 Å². The highest BCUT2D eigenvalue weighted by Crippen LogP contribution is 2.43. The topological polar surface area (TPSA) is 84.9 Å². The smallest absolute Gasteiger partial charge is 0.257 e. The number of imide groups is 1. The Morgan fingerprint density at radius 1 is 1.00 bits per heavy atom. The molecule has 4 rings (SSSR count). The van der Waals surface area contributed by atoms with Crippen molar-refractivity contribution in [1.82, 2.24) is 0 Å². The van der Waals surface area contributed by atoms with Crippen LogP contribution in [0.2, 0.25) is 0 Å². The van der Waals surface area contributed by atoms with E-state index in [4.69, 9.17) is 9.47 Å². The molecule has 2 aromatic rings. The van der Waals surface area contributed by atoms with E-state index >= 15 is 0 Å². The van der Waals surface area contributed by atoms with E-state index in [1.165, 1.54) is 19.1 Å². The van der Waals surface area contributed by atoms with Gasteiger partial charge in [-0.05, 0) is 49.4 Å². The van der Waals surface area contributed by atoms with Gasteiger partial charge in [-0.15, -0.1) is 0 Å². The molecule has 3 atom stereocenters. The Balaban J connectivity index is 1.66. The summed E-state index contributed by atoms with van der Waals surface area (Å²) in [5.74, 6) is 0.00136. The van der Waals surface area contributed by atoms with E-state index in [1.54, 1.807) is 42.5 Å². The lowest BCUT2D eigenvalue weighted by Crippen LogP contribution is -2.33. The Morgan fingerprint density at radius 3 is 2.48 bits per heavy atom. The second kappa shape index (κ2) is 8.41. The molecular weight excluding hydrogens is 396 g/mol.